The zero-order valence-electron chi connectivity index (χ0n) is 13.4. The Morgan fingerprint density at radius 1 is 1.29 bits per heavy atom. The van der Waals surface area contributed by atoms with Crippen LogP contribution in [0.3, 0.4) is 0 Å². The fraction of sp³-hybridized carbons (Fsp3) is 0.647. The second-order valence-corrected chi connectivity index (χ2v) is 5.93. The molecule has 0 spiro atoms. The molecular weight excluding hydrogens is 284 g/mol. The highest BCUT2D eigenvalue weighted by Crippen LogP contribution is 2.14. The van der Waals surface area contributed by atoms with Crippen molar-refractivity contribution in [3.8, 4) is 0 Å². The minimum Gasteiger partial charge on any atom is -0.352 e. The lowest BCUT2D eigenvalue weighted by molar-refractivity contribution is 0.0945. The Morgan fingerprint density at radius 2 is 2.05 bits per heavy atom. The van der Waals surface area contributed by atoms with E-state index in [-0.39, 0.29) is 5.91 Å². The van der Waals surface area contributed by atoms with E-state index in [2.05, 4.69) is 31.1 Å². The Labute approximate surface area is 133 Å². The Bertz CT molecular complexity index is 448. The number of halogens is 1. The van der Waals surface area contributed by atoms with Gasteiger partial charge in [0.2, 0.25) is 0 Å². The highest BCUT2D eigenvalue weighted by atomic mass is 35.5. The van der Waals surface area contributed by atoms with E-state index >= 15 is 0 Å². The normalized spacial score (nSPS) is 12.2. The van der Waals surface area contributed by atoms with Crippen molar-refractivity contribution in [2.75, 3.05) is 6.54 Å². The zero-order chi connectivity index (χ0) is 15.7. The number of carbonyl (C=O) groups excluding carboxylic acids is 1. The molecule has 21 heavy (non-hydrogen) atoms. The molecule has 118 valence electrons. The fourth-order valence-electron chi connectivity index (χ4n) is 2.35. The topological polar surface area (TPSA) is 42.0 Å². The molecule has 4 heteroatoms. The quantitative estimate of drug-likeness (QED) is 0.675. The largest absolute Gasteiger partial charge is 0.352 e. The van der Waals surface area contributed by atoms with Crippen LogP contribution in [0.5, 0.6) is 0 Å². The van der Waals surface area contributed by atoms with E-state index in [0.717, 1.165) is 31.5 Å². The predicted octanol–water partition coefficient (Wildman–Crippen LogP) is 4.63. The number of aromatic nitrogens is 1. The number of aryl methyl sites for hydroxylation is 1. The van der Waals surface area contributed by atoms with Crippen LogP contribution in [0.2, 0.25) is 5.15 Å². The van der Waals surface area contributed by atoms with Gasteiger partial charge in [0, 0.05) is 17.8 Å². The summed E-state index contributed by atoms with van der Waals surface area (Å²) in [4.78, 5) is 16.5. The minimum atomic E-state index is -0.0494. The van der Waals surface area contributed by atoms with Gasteiger partial charge in [-0.05, 0) is 30.9 Å². The first-order chi connectivity index (χ1) is 10.1. The van der Waals surface area contributed by atoms with Crippen molar-refractivity contribution < 1.29 is 4.79 Å². The maximum Gasteiger partial charge on any atom is 0.251 e. The van der Waals surface area contributed by atoms with E-state index in [9.17, 15) is 4.79 Å². The molecule has 1 aromatic rings. The van der Waals surface area contributed by atoms with Gasteiger partial charge in [0.25, 0.3) is 5.91 Å². The van der Waals surface area contributed by atoms with Crippen LogP contribution in [-0.4, -0.2) is 17.4 Å². The molecule has 0 aromatic carbocycles. The number of amides is 1. The van der Waals surface area contributed by atoms with E-state index in [1.54, 1.807) is 6.07 Å². The van der Waals surface area contributed by atoms with Crippen LogP contribution in [0.4, 0.5) is 0 Å². The number of carbonyl (C=O) groups is 1. The van der Waals surface area contributed by atoms with Gasteiger partial charge in [0.15, 0.2) is 0 Å². The molecule has 0 radical (unpaired) electrons. The van der Waals surface area contributed by atoms with Crippen LogP contribution >= 0.6 is 11.6 Å². The van der Waals surface area contributed by atoms with Crippen molar-refractivity contribution in [2.24, 2.45) is 5.92 Å². The molecule has 3 nitrogen and oxygen atoms in total. The third-order valence-corrected chi connectivity index (χ3v) is 3.90. The average molecular weight is 311 g/mol. The third-order valence-electron chi connectivity index (χ3n) is 3.71. The van der Waals surface area contributed by atoms with Crippen LogP contribution < -0.4 is 5.32 Å². The first-order valence-corrected chi connectivity index (χ1v) is 8.43. The Morgan fingerprint density at radius 3 is 2.67 bits per heavy atom. The molecule has 1 heterocycles. The van der Waals surface area contributed by atoms with Crippen LogP contribution in [0, 0.1) is 5.92 Å². The van der Waals surface area contributed by atoms with Gasteiger partial charge in [-0.15, -0.1) is 0 Å². The summed E-state index contributed by atoms with van der Waals surface area (Å²) in [6.07, 6.45) is 6.52. The summed E-state index contributed by atoms with van der Waals surface area (Å²) in [6, 6.07) is 3.49. The molecule has 0 saturated carbocycles. The second-order valence-electron chi connectivity index (χ2n) is 5.55. The fourth-order valence-corrected chi connectivity index (χ4v) is 2.58. The van der Waals surface area contributed by atoms with E-state index in [1.807, 2.05) is 6.07 Å². The first kappa shape index (κ1) is 18.0. The van der Waals surface area contributed by atoms with Gasteiger partial charge in [-0.25, -0.2) is 4.98 Å². The van der Waals surface area contributed by atoms with Gasteiger partial charge in [-0.1, -0.05) is 58.1 Å². The van der Waals surface area contributed by atoms with Crippen LogP contribution in [-0.2, 0) is 6.42 Å². The molecule has 1 atom stereocenters. The lowest BCUT2D eigenvalue weighted by atomic mass is 9.99. The molecule has 1 aromatic heterocycles. The molecule has 0 fully saturated rings. The zero-order valence-corrected chi connectivity index (χ0v) is 14.2. The van der Waals surface area contributed by atoms with E-state index in [4.69, 9.17) is 11.6 Å². The van der Waals surface area contributed by atoms with Crippen LogP contribution in [0.1, 0.15) is 68.9 Å². The molecule has 0 aliphatic carbocycles. The number of hydrogen-bond donors (Lipinski definition) is 1. The lowest BCUT2D eigenvalue weighted by Gasteiger charge is -2.15. The van der Waals surface area contributed by atoms with Crippen molar-refractivity contribution in [3.63, 3.8) is 0 Å². The number of unbranched alkanes of at least 4 members (excludes halogenated alkanes) is 1. The molecule has 1 N–H and O–H groups in total. The number of pyridine rings is 1. The highest BCUT2D eigenvalue weighted by molar-refractivity contribution is 6.29. The van der Waals surface area contributed by atoms with Gasteiger partial charge in [0.05, 0.1) is 0 Å². The van der Waals surface area contributed by atoms with Crippen molar-refractivity contribution >= 4 is 17.5 Å². The number of rotatable bonds is 9. The van der Waals surface area contributed by atoms with Gasteiger partial charge < -0.3 is 5.32 Å². The van der Waals surface area contributed by atoms with Crippen LogP contribution in [0.15, 0.2) is 12.1 Å². The number of nitrogens with zero attached hydrogens (tertiary/aromatic N) is 1. The average Bonchev–Trinajstić information content (AvgIpc) is 2.47. The molecule has 1 rings (SSSR count). The van der Waals surface area contributed by atoms with Crippen molar-refractivity contribution in [3.05, 3.63) is 28.5 Å². The van der Waals surface area contributed by atoms with E-state index in [0.29, 0.717) is 16.6 Å². The van der Waals surface area contributed by atoms with Crippen molar-refractivity contribution in [1.82, 2.24) is 10.3 Å². The minimum absolute atomic E-state index is 0.0494. The smallest absolute Gasteiger partial charge is 0.251 e. The van der Waals surface area contributed by atoms with E-state index in [1.165, 1.54) is 19.3 Å². The first-order valence-electron chi connectivity index (χ1n) is 8.05. The summed E-state index contributed by atoms with van der Waals surface area (Å²) in [7, 11) is 0. The molecule has 1 amide bonds. The molecule has 0 aliphatic rings. The monoisotopic (exact) mass is 310 g/mol. The van der Waals surface area contributed by atoms with Gasteiger partial charge in [-0.2, -0.15) is 0 Å². The summed E-state index contributed by atoms with van der Waals surface area (Å²) in [5.74, 6) is 0.507. The molecule has 0 saturated heterocycles. The summed E-state index contributed by atoms with van der Waals surface area (Å²) >= 11 is 6.00. The predicted molar refractivity (Wildman–Crippen MR) is 88.9 cm³/mol. The molecule has 1 unspecified atom stereocenters. The SMILES string of the molecule is CCCCC(CC)CNC(=O)c1cc(Cl)nc(CCC)c1. The maximum absolute atomic E-state index is 12.3. The summed E-state index contributed by atoms with van der Waals surface area (Å²) in [6.45, 7) is 7.19. The standard InChI is InChI=1S/C17H27ClN2O/c1-4-7-9-13(6-3)12-19-17(21)14-10-15(8-5-2)20-16(18)11-14/h10-11,13H,4-9,12H2,1-3H3,(H,19,21). The van der Waals surface area contributed by atoms with Gasteiger partial charge in [0.1, 0.15) is 5.15 Å². The number of hydrogen-bond acceptors (Lipinski definition) is 2. The van der Waals surface area contributed by atoms with Gasteiger partial charge >= 0.3 is 0 Å². The van der Waals surface area contributed by atoms with Crippen molar-refractivity contribution in [1.29, 1.82) is 0 Å². The number of nitrogens with one attached hydrogen (secondary N) is 1. The van der Waals surface area contributed by atoms with E-state index < -0.39 is 0 Å². The molecular formula is C17H27ClN2O. The summed E-state index contributed by atoms with van der Waals surface area (Å²) in [5, 5.41) is 3.42. The molecule has 0 aliphatic heterocycles. The third kappa shape index (κ3) is 6.47. The second kappa shape index (κ2) is 9.78. The van der Waals surface area contributed by atoms with Gasteiger partial charge in [-0.3, -0.25) is 4.79 Å². The summed E-state index contributed by atoms with van der Waals surface area (Å²) in [5.41, 5.74) is 1.50. The molecule has 0 bridgehead atoms. The van der Waals surface area contributed by atoms with Crippen LogP contribution in [0.25, 0.3) is 0 Å². The maximum atomic E-state index is 12.3. The highest BCUT2D eigenvalue weighted by Gasteiger charge is 2.12. The Kier molecular flexibility index (Phi) is 8.36. The lowest BCUT2D eigenvalue weighted by Crippen LogP contribution is -2.29. The van der Waals surface area contributed by atoms with Crippen molar-refractivity contribution in [2.45, 2.75) is 59.3 Å². The Balaban J connectivity index is 2.62. The summed E-state index contributed by atoms with van der Waals surface area (Å²) < 4.78 is 0. The Hall–Kier alpha value is -1.09.